The lowest BCUT2D eigenvalue weighted by Crippen LogP contribution is -2.07. The summed E-state index contributed by atoms with van der Waals surface area (Å²) in [6, 6.07) is 7.81. The first-order chi connectivity index (χ1) is 9.31. The molecule has 1 fully saturated rings. The molecule has 0 saturated heterocycles. The summed E-state index contributed by atoms with van der Waals surface area (Å²) in [4.78, 5) is 13.3. The van der Waals surface area contributed by atoms with Crippen LogP contribution in [0.4, 0.5) is 5.82 Å². The van der Waals surface area contributed by atoms with E-state index >= 15 is 0 Å². The van der Waals surface area contributed by atoms with E-state index in [1.54, 1.807) is 6.20 Å². The van der Waals surface area contributed by atoms with E-state index < -0.39 is 0 Å². The highest BCUT2D eigenvalue weighted by atomic mass is 15.0. The van der Waals surface area contributed by atoms with Crippen LogP contribution < -0.4 is 5.73 Å². The number of rotatable bonds is 3. The fourth-order valence-corrected chi connectivity index (χ4v) is 2.71. The van der Waals surface area contributed by atoms with Crippen LogP contribution >= 0.6 is 0 Å². The van der Waals surface area contributed by atoms with Crippen molar-refractivity contribution in [3.05, 3.63) is 47.7 Å². The molecule has 4 heteroatoms. The molecule has 1 saturated carbocycles. The monoisotopic (exact) mass is 254 g/mol. The summed E-state index contributed by atoms with van der Waals surface area (Å²) >= 11 is 0. The Labute approximate surface area is 113 Å². The first-order valence-corrected chi connectivity index (χ1v) is 6.84. The third kappa shape index (κ3) is 2.89. The van der Waals surface area contributed by atoms with Crippen LogP contribution in [0.15, 0.2) is 30.5 Å². The SMILES string of the molecule is Nc1cc(C2CCCC2)nc(Cc2ccccn2)n1. The standard InChI is InChI=1S/C15H18N4/c16-14-10-13(11-5-1-2-6-11)18-15(19-14)9-12-7-3-4-8-17-12/h3-4,7-8,10-11H,1-2,5-6,9H2,(H2,16,18,19). The summed E-state index contributed by atoms with van der Waals surface area (Å²) in [5.41, 5.74) is 7.99. The summed E-state index contributed by atoms with van der Waals surface area (Å²) < 4.78 is 0. The largest absolute Gasteiger partial charge is 0.384 e. The molecule has 3 rings (SSSR count). The lowest BCUT2D eigenvalue weighted by molar-refractivity contribution is 0.686. The van der Waals surface area contributed by atoms with Gasteiger partial charge in [0.1, 0.15) is 11.6 Å². The van der Waals surface area contributed by atoms with Crippen molar-refractivity contribution >= 4 is 5.82 Å². The van der Waals surface area contributed by atoms with Gasteiger partial charge in [0.2, 0.25) is 0 Å². The number of nitrogen functional groups attached to an aromatic ring is 1. The van der Waals surface area contributed by atoms with E-state index in [1.165, 1.54) is 25.7 Å². The van der Waals surface area contributed by atoms with E-state index in [0.717, 1.165) is 17.2 Å². The molecule has 2 N–H and O–H groups in total. The molecule has 0 unspecified atom stereocenters. The van der Waals surface area contributed by atoms with E-state index in [0.29, 0.717) is 18.2 Å². The van der Waals surface area contributed by atoms with E-state index in [-0.39, 0.29) is 0 Å². The van der Waals surface area contributed by atoms with Crippen LogP contribution in [0.2, 0.25) is 0 Å². The molecular weight excluding hydrogens is 236 g/mol. The molecule has 98 valence electrons. The maximum absolute atomic E-state index is 5.91. The normalized spacial score (nSPS) is 15.8. The molecule has 1 aliphatic carbocycles. The number of aromatic nitrogens is 3. The lowest BCUT2D eigenvalue weighted by Gasteiger charge is -2.10. The van der Waals surface area contributed by atoms with Crippen molar-refractivity contribution < 1.29 is 0 Å². The minimum atomic E-state index is 0.563. The molecule has 0 aromatic carbocycles. The van der Waals surface area contributed by atoms with Crippen LogP contribution in [0.3, 0.4) is 0 Å². The predicted molar refractivity (Wildman–Crippen MR) is 74.7 cm³/mol. The second-order valence-corrected chi connectivity index (χ2v) is 5.11. The lowest BCUT2D eigenvalue weighted by atomic mass is 10.0. The first-order valence-electron chi connectivity index (χ1n) is 6.84. The molecule has 1 aliphatic rings. The Balaban J connectivity index is 1.85. The molecule has 0 amide bonds. The second kappa shape index (κ2) is 5.34. The van der Waals surface area contributed by atoms with Crippen molar-refractivity contribution in [1.82, 2.24) is 15.0 Å². The summed E-state index contributed by atoms with van der Waals surface area (Å²) in [5.74, 6) is 1.91. The van der Waals surface area contributed by atoms with Crippen LogP contribution in [-0.4, -0.2) is 15.0 Å². The average molecular weight is 254 g/mol. The molecule has 0 aliphatic heterocycles. The quantitative estimate of drug-likeness (QED) is 0.914. The highest BCUT2D eigenvalue weighted by Gasteiger charge is 2.19. The van der Waals surface area contributed by atoms with Gasteiger partial charge in [0, 0.05) is 29.6 Å². The van der Waals surface area contributed by atoms with Crippen molar-refractivity contribution in [2.24, 2.45) is 0 Å². The third-order valence-electron chi connectivity index (χ3n) is 3.65. The number of pyridine rings is 1. The van der Waals surface area contributed by atoms with Gasteiger partial charge in [0.25, 0.3) is 0 Å². The molecule has 4 nitrogen and oxygen atoms in total. The van der Waals surface area contributed by atoms with Gasteiger partial charge in [-0.15, -0.1) is 0 Å². The molecular formula is C15H18N4. The number of hydrogen-bond acceptors (Lipinski definition) is 4. The molecule has 19 heavy (non-hydrogen) atoms. The molecule has 0 spiro atoms. The minimum absolute atomic E-state index is 0.563. The van der Waals surface area contributed by atoms with Crippen molar-refractivity contribution in [2.45, 2.75) is 38.0 Å². The van der Waals surface area contributed by atoms with Gasteiger partial charge in [-0.25, -0.2) is 9.97 Å². The minimum Gasteiger partial charge on any atom is -0.384 e. The Morgan fingerprint density at radius 2 is 2.00 bits per heavy atom. The summed E-state index contributed by atoms with van der Waals surface area (Å²) in [7, 11) is 0. The summed E-state index contributed by atoms with van der Waals surface area (Å²) in [6.45, 7) is 0. The molecule has 2 aromatic heterocycles. The summed E-state index contributed by atoms with van der Waals surface area (Å²) in [5, 5.41) is 0. The van der Waals surface area contributed by atoms with E-state index in [2.05, 4.69) is 15.0 Å². The van der Waals surface area contributed by atoms with Gasteiger partial charge >= 0.3 is 0 Å². The third-order valence-corrected chi connectivity index (χ3v) is 3.65. The number of anilines is 1. The zero-order chi connectivity index (χ0) is 13.1. The van der Waals surface area contributed by atoms with Gasteiger partial charge in [-0.3, -0.25) is 4.98 Å². The van der Waals surface area contributed by atoms with Gasteiger partial charge < -0.3 is 5.73 Å². The molecule has 0 atom stereocenters. The second-order valence-electron chi connectivity index (χ2n) is 5.11. The molecule has 2 aromatic rings. The number of hydrogen-bond donors (Lipinski definition) is 1. The predicted octanol–water partition coefficient (Wildman–Crippen LogP) is 2.70. The fourth-order valence-electron chi connectivity index (χ4n) is 2.71. The Morgan fingerprint density at radius 1 is 1.16 bits per heavy atom. The zero-order valence-electron chi connectivity index (χ0n) is 10.9. The van der Waals surface area contributed by atoms with E-state index in [9.17, 15) is 0 Å². The maximum atomic E-state index is 5.91. The zero-order valence-corrected chi connectivity index (χ0v) is 10.9. The van der Waals surface area contributed by atoms with Gasteiger partial charge in [0.05, 0.1) is 6.42 Å². The van der Waals surface area contributed by atoms with Crippen LogP contribution in [0, 0.1) is 0 Å². The van der Waals surface area contributed by atoms with Crippen LogP contribution in [-0.2, 0) is 6.42 Å². The van der Waals surface area contributed by atoms with E-state index in [4.69, 9.17) is 5.73 Å². The van der Waals surface area contributed by atoms with Gasteiger partial charge in [0.15, 0.2) is 0 Å². The highest BCUT2D eigenvalue weighted by Crippen LogP contribution is 2.33. The smallest absolute Gasteiger partial charge is 0.136 e. The van der Waals surface area contributed by atoms with Crippen LogP contribution in [0.1, 0.15) is 48.8 Å². The molecule has 0 radical (unpaired) electrons. The first kappa shape index (κ1) is 12.1. The highest BCUT2D eigenvalue weighted by molar-refractivity contribution is 5.32. The Kier molecular flexibility index (Phi) is 3.40. The van der Waals surface area contributed by atoms with Crippen LogP contribution in [0.5, 0.6) is 0 Å². The number of nitrogens with two attached hydrogens (primary N) is 1. The van der Waals surface area contributed by atoms with Crippen molar-refractivity contribution in [3.63, 3.8) is 0 Å². The van der Waals surface area contributed by atoms with Crippen molar-refractivity contribution in [2.75, 3.05) is 5.73 Å². The topological polar surface area (TPSA) is 64.7 Å². The maximum Gasteiger partial charge on any atom is 0.136 e. The van der Waals surface area contributed by atoms with E-state index in [1.807, 2.05) is 24.3 Å². The Morgan fingerprint density at radius 3 is 2.74 bits per heavy atom. The summed E-state index contributed by atoms with van der Waals surface area (Å²) in [6.07, 6.45) is 7.47. The average Bonchev–Trinajstić information content (AvgIpc) is 2.93. The van der Waals surface area contributed by atoms with Crippen molar-refractivity contribution in [1.29, 1.82) is 0 Å². The molecule has 2 heterocycles. The Bertz CT molecular complexity index is 547. The van der Waals surface area contributed by atoms with Gasteiger partial charge in [-0.1, -0.05) is 18.9 Å². The van der Waals surface area contributed by atoms with Gasteiger partial charge in [-0.05, 0) is 25.0 Å². The molecule has 0 bridgehead atoms. The van der Waals surface area contributed by atoms with Gasteiger partial charge in [-0.2, -0.15) is 0 Å². The van der Waals surface area contributed by atoms with Crippen LogP contribution in [0.25, 0.3) is 0 Å². The number of nitrogens with zero attached hydrogens (tertiary/aromatic N) is 3. The Hall–Kier alpha value is -1.97. The fraction of sp³-hybridized carbons (Fsp3) is 0.400. The van der Waals surface area contributed by atoms with Crippen molar-refractivity contribution in [3.8, 4) is 0 Å².